The molecule has 0 fully saturated rings. The van der Waals surface area contributed by atoms with Crippen LogP contribution in [0.2, 0.25) is 5.02 Å². The van der Waals surface area contributed by atoms with Gasteiger partial charge in [0.25, 0.3) is 5.91 Å². The number of benzene rings is 3. The van der Waals surface area contributed by atoms with Crippen LogP contribution in [0.3, 0.4) is 0 Å². The molecule has 0 radical (unpaired) electrons. The average molecular weight is 362 g/mol. The van der Waals surface area contributed by atoms with Crippen molar-refractivity contribution in [2.24, 2.45) is 0 Å². The quantitative estimate of drug-likeness (QED) is 0.524. The van der Waals surface area contributed by atoms with Crippen LogP contribution in [0.25, 0.3) is 5.57 Å². The van der Waals surface area contributed by atoms with Crippen LogP contribution >= 0.6 is 11.6 Å². The van der Waals surface area contributed by atoms with Gasteiger partial charge in [0.15, 0.2) is 0 Å². The lowest BCUT2D eigenvalue weighted by atomic mass is 10.1. The summed E-state index contributed by atoms with van der Waals surface area (Å²) in [5.41, 5.74) is 3.42. The molecule has 0 aliphatic carbocycles. The summed E-state index contributed by atoms with van der Waals surface area (Å²) in [4.78, 5) is 15.0. The number of carbonyl (C=O) groups is 1. The molecule has 0 atom stereocenters. The Kier molecular flexibility index (Phi) is 5.88. The highest BCUT2D eigenvalue weighted by Gasteiger charge is 2.19. The zero-order chi connectivity index (χ0) is 18.4. The first-order valence-corrected chi connectivity index (χ1v) is 8.83. The second kappa shape index (κ2) is 8.50. The van der Waals surface area contributed by atoms with Gasteiger partial charge in [-0.25, -0.2) is 0 Å². The fourth-order valence-electron chi connectivity index (χ4n) is 2.77. The Morgan fingerprint density at radius 1 is 0.769 bits per heavy atom. The van der Waals surface area contributed by atoms with Crippen LogP contribution in [-0.4, -0.2) is 10.8 Å². The van der Waals surface area contributed by atoms with Gasteiger partial charge >= 0.3 is 0 Å². The van der Waals surface area contributed by atoms with Crippen LogP contribution in [0.1, 0.15) is 16.7 Å². The van der Waals surface area contributed by atoms with Crippen LogP contribution in [0.5, 0.6) is 0 Å². The molecular weight excluding hydrogens is 342 g/mol. The van der Waals surface area contributed by atoms with E-state index in [1.165, 1.54) is 0 Å². The minimum Gasteiger partial charge on any atom is -0.330 e. The van der Waals surface area contributed by atoms with Gasteiger partial charge in [0.1, 0.15) is 0 Å². The van der Waals surface area contributed by atoms with E-state index in [-0.39, 0.29) is 5.91 Å². The van der Waals surface area contributed by atoms with Gasteiger partial charge in [0, 0.05) is 23.7 Å². The lowest BCUT2D eigenvalue weighted by molar-refractivity contribution is -0.126. The van der Waals surface area contributed by atoms with Crippen LogP contribution in [0, 0.1) is 0 Å². The van der Waals surface area contributed by atoms with Gasteiger partial charge in [-0.15, -0.1) is 0 Å². The van der Waals surface area contributed by atoms with Gasteiger partial charge in [-0.1, -0.05) is 91.0 Å². The normalized spacial score (nSPS) is 10.3. The smallest absolute Gasteiger partial charge is 0.254 e. The van der Waals surface area contributed by atoms with Crippen LogP contribution in [-0.2, 0) is 17.9 Å². The molecule has 130 valence electrons. The lowest BCUT2D eigenvalue weighted by Gasteiger charge is -2.24. The van der Waals surface area contributed by atoms with Gasteiger partial charge in [-0.3, -0.25) is 4.79 Å². The molecule has 1 amide bonds. The van der Waals surface area contributed by atoms with Gasteiger partial charge in [-0.2, -0.15) is 0 Å². The SMILES string of the molecule is C=C(C(=O)N(Cc1ccccc1)Cc1ccccc1)c1ccc(Cl)cc1. The topological polar surface area (TPSA) is 20.3 Å². The summed E-state index contributed by atoms with van der Waals surface area (Å²) in [5.74, 6) is -0.0833. The van der Waals surface area contributed by atoms with Crippen molar-refractivity contribution < 1.29 is 4.79 Å². The average Bonchev–Trinajstić information content (AvgIpc) is 2.68. The van der Waals surface area contributed by atoms with Crippen molar-refractivity contribution >= 4 is 23.1 Å². The molecule has 0 bridgehead atoms. The summed E-state index contributed by atoms with van der Waals surface area (Å²) in [7, 11) is 0. The monoisotopic (exact) mass is 361 g/mol. The first-order chi connectivity index (χ1) is 12.6. The fourth-order valence-corrected chi connectivity index (χ4v) is 2.90. The fraction of sp³-hybridized carbons (Fsp3) is 0.0870. The molecule has 0 saturated heterocycles. The molecule has 0 aliphatic heterocycles. The minimum absolute atomic E-state index is 0.0833. The van der Waals surface area contributed by atoms with E-state index in [0.29, 0.717) is 23.7 Å². The molecule has 3 aromatic carbocycles. The van der Waals surface area contributed by atoms with Crippen molar-refractivity contribution in [3.05, 3.63) is 113 Å². The number of carbonyl (C=O) groups excluding carboxylic acids is 1. The van der Waals surface area contributed by atoms with E-state index in [1.807, 2.05) is 77.7 Å². The number of hydrogen-bond acceptors (Lipinski definition) is 1. The van der Waals surface area contributed by atoms with Crippen molar-refractivity contribution in [1.29, 1.82) is 0 Å². The molecule has 26 heavy (non-hydrogen) atoms. The molecule has 0 heterocycles. The summed E-state index contributed by atoms with van der Waals surface area (Å²) in [6, 6.07) is 27.2. The Morgan fingerprint density at radius 2 is 1.23 bits per heavy atom. The maximum absolute atomic E-state index is 13.1. The predicted molar refractivity (Wildman–Crippen MR) is 108 cm³/mol. The number of rotatable bonds is 6. The number of nitrogens with zero attached hydrogens (tertiary/aromatic N) is 1. The number of amides is 1. The largest absolute Gasteiger partial charge is 0.330 e. The van der Waals surface area contributed by atoms with Crippen molar-refractivity contribution in [2.45, 2.75) is 13.1 Å². The first kappa shape index (κ1) is 18.0. The zero-order valence-corrected chi connectivity index (χ0v) is 15.2. The Morgan fingerprint density at radius 3 is 1.69 bits per heavy atom. The molecule has 2 nitrogen and oxygen atoms in total. The van der Waals surface area contributed by atoms with E-state index < -0.39 is 0 Å². The van der Waals surface area contributed by atoms with E-state index in [0.717, 1.165) is 16.7 Å². The zero-order valence-electron chi connectivity index (χ0n) is 14.4. The summed E-state index contributed by atoms with van der Waals surface area (Å²) < 4.78 is 0. The molecule has 3 aromatic rings. The van der Waals surface area contributed by atoms with Crippen LogP contribution < -0.4 is 0 Å². The first-order valence-electron chi connectivity index (χ1n) is 8.45. The standard InChI is InChI=1S/C23H20ClNO/c1-18(21-12-14-22(24)15-13-21)23(26)25(16-19-8-4-2-5-9-19)17-20-10-6-3-7-11-20/h2-15H,1,16-17H2. The van der Waals surface area contributed by atoms with Crippen LogP contribution in [0.15, 0.2) is 91.5 Å². The van der Waals surface area contributed by atoms with Crippen molar-refractivity contribution in [3.8, 4) is 0 Å². The summed E-state index contributed by atoms with van der Waals surface area (Å²) in [6.45, 7) is 5.08. The van der Waals surface area contributed by atoms with Crippen molar-refractivity contribution in [3.63, 3.8) is 0 Å². The number of hydrogen-bond donors (Lipinski definition) is 0. The minimum atomic E-state index is -0.0833. The molecule has 0 saturated carbocycles. The molecular formula is C23H20ClNO. The summed E-state index contributed by atoms with van der Waals surface area (Å²) in [5, 5.41) is 0.638. The Balaban J connectivity index is 1.84. The predicted octanol–water partition coefficient (Wildman–Crippen LogP) is 5.58. The van der Waals surface area contributed by atoms with Crippen LogP contribution in [0.4, 0.5) is 0 Å². The Hall–Kier alpha value is -2.84. The highest BCUT2D eigenvalue weighted by Crippen LogP contribution is 2.21. The second-order valence-electron chi connectivity index (χ2n) is 6.12. The van der Waals surface area contributed by atoms with E-state index in [9.17, 15) is 4.79 Å². The third-order valence-electron chi connectivity index (χ3n) is 4.17. The maximum atomic E-state index is 13.1. The van der Waals surface area contributed by atoms with Crippen molar-refractivity contribution in [2.75, 3.05) is 0 Å². The summed E-state index contributed by atoms with van der Waals surface area (Å²) >= 11 is 5.95. The highest BCUT2D eigenvalue weighted by atomic mass is 35.5. The molecule has 3 rings (SSSR count). The van der Waals surface area contributed by atoms with Gasteiger partial charge in [0.05, 0.1) is 0 Å². The van der Waals surface area contributed by atoms with Crippen molar-refractivity contribution in [1.82, 2.24) is 4.90 Å². The lowest BCUT2D eigenvalue weighted by Crippen LogP contribution is -2.30. The summed E-state index contributed by atoms with van der Waals surface area (Å²) in [6.07, 6.45) is 0. The van der Waals surface area contributed by atoms with E-state index in [1.54, 1.807) is 12.1 Å². The van der Waals surface area contributed by atoms with E-state index in [2.05, 4.69) is 6.58 Å². The van der Waals surface area contributed by atoms with E-state index >= 15 is 0 Å². The van der Waals surface area contributed by atoms with Gasteiger partial charge in [-0.05, 0) is 28.8 Å². The molecule has 3 heteroatoms. The molecule has 0 aromatic heterocycles. The second-order valence-corrected chi connectivity index (χ2v) is 6.55. The van der Waals surface area contributed by atoms with Gasteiger partial charge < -0.3 is 4.90 Å². The third kappa shape index (κ3) is 4.62. The molecule has 0 unspecified atom stereocenters. The highest BCUT2D eigenvalue weighted by molar-refractivity contribution is 6.30. The van der Waals surface area contributed by atoms with E-state index in [4.69, 9.17) is 11.6 Å². The maximum Gasteiger partial charge on any atom is 0.254 e. The Labute approximate surface area is 159 Å². The molecule has 0 aliphatic rings. The molecule has 0 N–H and O–H groups in total. The number of halogens is 1. The third-order valence-corrected chi connectivity index (χ3v) is 4.42. The molecule has 0 spiro atoms. The Bertz CT molecular complexity index is 832. The van der Waals surface area contributed by atoms with Gasteiger partial charge in [0.2, 0.25) is 0 Å².